The zero-order chi connectivity index (χ0) is 23.9. The molecular weight excluding hydrogens is 437 g/mol. The Kier molecular flexibility index (Phi) is 8.25. The van der Waals surface area contributed by atoms with Crippen molar-refractivity contribution in [1.82, 2.24) is 25.1 Å². The van der Waals surface area contributed by atoms with Crippen molar-refractivity contribution in [2.24, 2.45) is 0 Å². The van der Waals surface area contributed by atoms with E-state index in [-0.39, 0.29) is 31.0 Å². The molecule has 0 bridgehead atoms. The number of aromatic nitrogens is 4. The van der Waals surface area contributed by atoms with E-state index in [1.807, 2.05) is 6.07 Å². The largest absolute Gasteiger partial charge is 0.396 e. The van der Waals surface area contributed by atoms with Crippen molar-refractivity contribution < 1.29 is 14.2 Å². The zero-order valence-electron chi connectivity index (χ0n) is 19.6. The summed E-state index contributed by atoms with van der Waals surface area (Å²) >= 11 is 0. The zero-order valence-corrected chi connectivity index (χ0v) is 19.6. The fraction of sp³-hybridized carbons (Fsp3) is 0.542. The van der Waals surface area contributed by atoms with Crippen LogP contribution in [0.2, 0.25) is 0 Å². The SMILES string of the molecule is CCC[C@@H](CCO)Nc1nc(N)nc2cnn(Cc3ccc(CNC4CCOCC4)cc3F)c12. The van der Waals surface area contributed by atoms with Crippen LogP contribution in [0.15, 0.2) is 24.4 Å². The van der Waals surface area contributed by atoms with Gasteiger partial charge in [0.2, 0.25) is 5.95 Å². The van der Waals surface area contributed by atoms with E-state index in [4.69, 9.17) is 10.5 Å². The van der Waals surface area contributed by atoms with Gasteiger partial charge >= 0.3 is 0 Å². The second-order valence-corrected chi connectivity index (χ2v) is 8.80. The Hall–Kier alpha value is -2.82. The van der Waals surface area contributed by atoms with E-state index in [9.17, 15) is 9.50 Å². The van der Waals surface area contributed by atoms with Crippen molar-refractivity contribution in [3.8, 4) is 0 Å². The maximum Gasteiger partial charge on any atom is 0.222 e. The summed E-state index contributed by atoms with van der Waals surface area (Å²) in [5.74, 6) is 0.413. The molecule has 3 aromatic rings. The van der Waals surface area contributed by atoms with Gasteiger partial charge in [-0.2, -0.15) is 10.1 Å². The number of hydrogen-bond donors (Lipinski definition) is 4. The van der Waals surface area contributed by atoms with Gasteiger partial charge in [-0.05, 0) is 37.3 Å². The minimum Gasteiger partial charge on any atom is -0.396 e. The first-order valence-electron chi connectivity index (χ1n) is 12.0. The molecule has 1 aromatic carbocycles. The Morgan fingerprint density at radius 1 is 1.26 bits per heavy atom. The number of benzene rings is 1. The smallest absolute Gasteiger partial charge is 0.222 e. The molecule has 1 saturated heterocycles. The minimum absolute atomic E-state index is 0.0371. The van der Waals surface area contributed by atoms with Crippen molar-refractivity contribution >= 4 is 22.8 Å². The van der Waals surface area contributed by atoms with E-state index >= 15 is 0 Å². The molecule has 1 fully saturated rings. The summed E-state index contributed by atoms with van der Waals surface area (Å²) in [7, 11) is 0. The van der Waals surface area contributed by atoms with E-state index < -0.39 is 0 Å². The van der Waals surface area contributed by atoms with Crippen LogP contribution in [0.3, 0.4) is 0 Å². The van der Waals surface area contributed by atoms with Gasteiger partial charge in [0.15, 0.2) is 5.82 Å². The fourth-order valence-corrected chi connectivity index (χ4v) is 4.38. The predicted octanol–water partition coefficient (Wildman–Crippen LogP) is 2.83. The number of nitrogens with zero attached hydrogens (tertiary/aromatic N) is 4. The van der Waals surface area contributed by atoms with Gasteiger partial charge in [-0.1, -0.05) is 25.5 Å². The summed E-state index contributed by atoms with van der Waals surface area (Å²) in [6.45, 7) is 4.57. The Labute approximate surface area is 198 Å². The normalized spacial score (nSPS) is 15.6. The highest BCUT2D eigenvalue weighted by molar-refractivity contribution is 5.86. The van der Waals surface area contributed by atoms with Gasteiger partial charge in [0.05, 0.1) is 12.7 Å². The number of anilines is 2. The molecule has 2 aromatic heterocycles. The van der Waals surface area contributed by atoms with Gasteiger partial charge in [-0.3, -0.25) is 4.68 Å². The van der Waals surface area contributed by atoms with E-state index in [1.165, 1.54) is 0 Å². The number of nitrogens with one attached hydrogen (secondary N) is 2. The second kappa shape index (κ2) is 11.5. The van der Waals surface area contributed by atoms with Gasteiger partial charge in [0, 0.05) is 44.0 Å². The number of fused-ring (bicyclic) bond motifs is 1. The third-order valence-corrected chi connectivity index (χ3v) is 6.22. The van der Waals surface area contributed by atoms with Crippen LogP contribution in [-0.2, 0) is 17.8 Å². The second-order valence-electron chi connectivity index (χ2n) is 8.80. The summed E-state index contributed by atoms with van der Waals surface area (Å²) in [6, 6.07) is 5.78. The molecule has 9 nitrogen and oxygen atoms in total. The summed E-state index contributed by atoms with van der Waals surface area (Å²) in [5.41, 5.74) is 8.60. The Balaban J connectivity index is 1.52. The maximum atomic E-state index is 15.0. The number of nitrogen functional groups attached to an aromatic ring is 1. The average molecular weight is 472 g/mol. The molecule has 0 amide bonds. The molecule has 10 heteroatoms. The molecule has 1 aliphatic rings. The van der Waals surface area contributed by atoms with Gasteiger partial charge in [0.25, 0.3) is 0 Å². The molecule has 34 heavy (non-hydrogen) atoms. The highest BCUT2D eigenvalue weighted by Crippen LogP contribution is 2.24. The van der Waals surface area contributed by atoms with Crippen LogP contribution < -0.4 is 16.4 Å². The Bertz CT molecular complexity index is 1080. The first-order valence-corrected chi connectivity index (χ1v) is 12.0. The Morgan fingerprint density at radius 2 is 2.09 bits per heavy atom. The first kappa shape index (κ1) is 24.3. The molecular formula is C24H34FN7O2. The number of nitrogens with two attached hydrogens (primary N) is 1. The topological polar surface area (TPSA) is 123 Å². The minimum atomic E-state index is -0.273. The summed E-state index contributed by atoms with van der Waals surface area (Å²) in [4.78, 5) is 8.67. The number of hydrogen-bond acceptors (Lipinski definition) is 8. The number of aliphatic hydroxyl groups is 1. The van der Waals surface area contributed by atoms with Crippen LogP contribution in [0.25, 0.3) is 11.0 Å². The predicted molar refractivity (Wildman–Crippen MR) is 130 cm³/mol. The molecule has 0 saturated carbocycles. The van der Waals surface area contributed by atoms with Gasteiger partial charge in [0.1, 0.15) is 16.9 Å². The molecule has 3 heterocycles. The quantitative estimate of drug-likeness (QED) is 0.337. The molecule has 0 aliphatic carbocycles. The Morgan fingerprint density at radius 3 is 2.82 bits per heavy atom. The van der Waals surface area contributed by atoms with Crippen LogP contribution in [0, 0.1) is 5.82 Å². The summed E-state index contributed by atoms with van der Waals surface area (Å²) < 4.78 is 22.1. The third-order valence-electron chi connectivity index (χ3n) is 6.22. The third kappa shape index (κ3) is 5.99. The number of halogens is 1. The molecule has 1 aliphatic heterocycles. The lowest BCUT2D eigenvalue weighted by molar-refractivity contribution is 0.0776. The van der Waals surface area contributed by atoms with Crippen molar-refractivity contribution in [2.45, 2.75) is 64.2 Å². The molecule has 5 N–H and O–H groups in total. The highest BCUT2D eigenvalue weighted by atomic mass is 19.1. The van der Waals surface area contributed by atoms with Crippen molar-refractivity contribution in [3.05, 3.63) is 41.3 Å². The van der Waals surface area contributed by atoms with Crippen molar-refractivity contribution in [1.29, 1.82) is 0 Å². The number of ether oxygens (including phenoxy) is 1. The lowest BCUT2D eigenvalue weighted by atomic mass is 10.1. The fourth-order valence-electron chi connectivity index (χ4n) is 4.38. The number of aliphatic hydroxyl groups excluding tert-OH is 1. The molecule has 0 unspecified atom stereocenters. The maximum absolute atomic E-state index is 15.0. The molecule has 0 spiro atoms. The number of rotatable bonds is 11. The monoisotopic (exact) mass is 471 g/mol. The van der Waals surface area contributed by atoms with Crippen LogP contribution in [0.5, 0.6) is 0 Å². The molecule has 0 radical (unpaired) electrons. The van der Waals surface area contributed by atoms with Crippen molar-refractivity contribution in [2.75, 3.05) is 30.9 Å². The lowest BCUT2D eigenvalue weighted by Gasteiger charge is -2.23. The average Bonchev–Trinajstić information content (AvgIpc) is 3.23. The first-order chi connectivity index (χ1) is 16.6. The van der Waals surface area contributed by atoms with Crippen LogP contribution >= 0.6 is 0 Å². The van der Waals surface area contributed by atoms with Crippen LogP contribution in [0.1, 0.15) is 50.2 Å². The molecule has 4 rings (SSSR count). The van der Waals surface area contributed by atoms with E-state index in [2.05, 4.69) is 32.6 Å². The van der Waals surface area contributed by atoms with Gasteiger partial charge in [-0.25, -0.2) is 9.37 Å². The standard InChI is InChI=1S/C24H34FN7O2/c1-2-3-19(6-9-33)29-23-22-21(30-24(26)31-23)14-28-32(22)15-17-5-4-16(12-20(17)25)13-27-18-7-10-34-11-8-18/h4-5,12,14,18-19,27,33H,2-3,6-11,13,15H2,1H3,(H3,26,29,30,31)/t19-/m0/s1. The molecule has 184 valence electrons. The van der Waals surface area contributed by atoms with E-state index in [0.717, 1.165) is 44.5 Å². The summed E-state index contributed by atoms with van der Waals surface area (Å²) in [6.07, 6.45) is 6.00. The summed E-state index contributed by atoms with van der Waals surface area (Å²) in [5, 5.41) is 20.7. The van der Waals surface area contributed by atoms with Crippen LogP contribution in [-0.4, -0.2) is 56.8 Å². The lowest BCUT2D eigenvalue weighted by Crippen LogP contribution is -2.34. The highest BCUT2D eigenvalue weighted by Gasteiger charge is 2.18. The van der Waals surface area contributed by atoms with Gasteiger partial charge < -0.3 is 26.2 Å². The molecule has 1 atom stereocenters. The van der Waals surface area contributed by atoms with Gasteiger partial charge in [-0.15, -0.1) is 0 Å². The van der Waals surface area contributed by atoms with E-state index in [0.29, 0.717) is 41.4 Å². The van der Waals surface area contributed by atoms with Crippen molar-refractivity contribution in [3.63, 3.8) is 0 Å². The van der Waals surface area contributed by atoms with E-state index in [1.54, 1.807) is 23.0 Å². The van der Waals surface area contributed by atoms with Crippen LogP contribution in [0.4, 0.5) is 16.2 Å².